The second-order valence-electron chi connectivity index (χ2n) is 12.9. The van der Waals surface area contributed by atoms with Crippen molar-refractivity contribution >= 4 is 33.7 Å². The Morgan fingerprint density at radius 3 is 2.08 bits per heavy atom. The van der Waals surface area contributed by atoms with Crippen LogP contribution in [0.2, 0.25) is 0 Å². The molecule has 4 nitrogen and oxygen atoms in total. The van der Waals surface area contributed by atoms with Crippen molar-refractivity contribution in [1.82, 2.24) is 9.97 Å². The summed E-state index contributed by atoms with van der Waals surface area (Å²) in [5, 5.41) is 12.9. The van der Waals surface area contributed by atoms with Crippen molar-refractivity contribution in [3.8, 4) is 51.1 Å². The summed E-state index contributed by atoms with van der Waals surface area (Å²) in [6.45, 7) is 4.46. The Hall–Kier alpha value is -5.96. The van der Waals surface area contributed by atoms with Gasteiger partial charge in [-0.05, 0) is 41.0 Å². The van der Waals surface area contributed by atoms with Gasteiger partial charge in [0.05, 0.1) is 17.0 Å². The lowest BCUT2D eigenvalue weighted by molar-refractivity contribution is 0.607. The molecule has 2 aromatic heterocycles. The van der Waals surface area contributed by atoms with E-state index in [1.54, 1.807) is 11.8 Å². The molecule has 49 heavy (non-hydrogen) atoms. The van der Waals surface area contributed by atoms with Crippen molar-refractivity contribution < 1.29 is 4.42 Å². The molecule has 9 rings (SSSR count). The number of rotatable bonds is 4. The van der Waals surface area contributed by atoms with Gasteiger partial charge in [0.2, 0.25) is 0 Å². The molecule has 0 saturated heterocycles. The average Bonchev–Trinajstić information content (AvgIpc) is 3.54. The molecule has 5 heteroatoms. The lowest BCUT2D eigenvalue weighted by atomic mass is 9.76. The largest absolute Gasteiger partial charge is 0.455 e. The van der Waals surface area contributed by atoms with E-state index in [0.29, 0.717) is 11.4 Å². The molecule has 1 aliphatic heterocycles. The van der Waals surface area contributed by atoms with Crippen LogP contribution in [-0.4, -0.2) is 9.97 Å². The zero-order chi connectivity index (χ0) is 33.1. The maximum absolute atomic E-state index is 10.7. The fourth-order valence-corrected chi connectivity index (χ4v) is 8.56. The number of nitriles is 1. The SMILES string of the molecule is CC1(C)c2ccccc2Sc2c1ccc(-c1nc(-c3ccccc3)cc(-c3ccc(-c4cccc5c4oc4ccccc45)cc3)n1)c2C#N. The van der Waals surface area contributed by atoms with E-state index >= 15 is 0 Å². The van der Waals surface area contributed by atoms with Crippen molar-refractivity contribution in [2.45, 2.75) is 29.1 Å². The standard InChI is InChI=1S/C44H29N3OS/c1-44(2)35-16-7-9-18-40(35)49-42-34(26-45)33(23-24-36(42)44)43-46-37(28-11-4-3-5-12-28)25-38(47-43)29-21-19-27(20-22-29)30-14-10-15-32-31-13-6-8-17-39(31)48-41(30)32/h3-25H,1-2H3. The molecule has 0 radical (unpaired) electrons. The van der Waals surface area contributed by atoms with Gasteiger partial charge in [0.1, 0.15) is 17.2 Å². The van der Waals surface area contributed by atoms with Crippen LogP contribution in [0, 0.1) is 11.3 Å². The highest BCUT2D eigenvalue weighted by atomic mass is 32.2. The third-order valence-corrected chi connectivity index (χ3v) is 10.9. The lowest BCUT2D eigenvalue weighted by Crippen LogP contribution is -2.24. The van der Waals surface area contributed by atoms with Gasteiger partial charge in [-0.15, -0.1) is 0 Å². The Morgan fingerprint density at radius 1 is 0.612 bits per heavy atom. The Balaban J connectivity index is 1.18. The minimum Gasteiger partial charge on any atom is -0.455 e. The number of para-hydroxylation sites is 2. The molecule has 0 spiro atoms. The van der Waals surface area contributed by atoms with Crippen LogP contribution in [0.15, 0.2) is 154 Å². The summed E-state index contributed by atoms with van der Waals surface area (Å²) < 4.78 is 6.33. The third kappa shape index (κ3) is 4.76. The monoisotopic (exact) mass is 647 g/mol. The van der Waals surface area contributed by atoms with Crippen molar-refractivity contribution in [3.63, 3.8) is 0 Å². The van der Waals surface area contributed by atoms with Gasteiger partial charge < -0.3 is 4.42 Å². The zero-order valence-electron chi connectivity index (χ0n) is 26.9. The molecule has 1 aliphatic rings. The van der Waals surface area contributed by atoms with E-state index in [9.17, 15) is 5.26 Å². The van der Waals surface area contributed by atoms with Crippen molar-refractivity contribution in [1.29, 1.82) is 5.26 Å². The van der Waals surface area contributed by atoms with Gasteiger partial charge in [-0.2, -0.15) is 5.26 Å². The van der Waals surface area contributed by atoms with Crippen LogP contribution in [-0.2, 0) is 5.41 Å². The number of aromatic nitrogens is 2. The molecule has 3 heterocycles. The maximum Gasteiger partial charge on any atom is 0.161 e. The Bertz CT molecular complexity index is 2610. The van der Waals surface area contributed by atoms with Crippen LogP contribution in [0.4, 0.5) is 0 Å². The number of hydrogen-bond acceptors (Lipinski definition) is 5. The molecule has 0 unspecified atom stereocenters. The smallest absolute Gasteiger partial charge is 0.161 e. The summed E-state index contributed by atoms with van der Waals surface area (Å²) in [5.74, 6) is 0.532. The number of nitrogens with zero attached hydrogens (tertiary/aromatic N) is 3. The Labute approximate surface area is 288 Å². The molecule has 0 saturated carbocycles. The van der Waals surface area contributed by atoms with Gasteiger partial charge >= 0.3 is 0 Å². The molecular weight excluding hydrogens is 619 g/mol. The molecular formula is C44H29N3OS. The summed E-state index contributed by atoms with van der Waals surface area (Å²) in [7, 11) is 0. The van der Waals surface area contributed by atoms with E-state index in [2.05, 4.69) is 111 Å². The second kappa shape index (κ2) is 11.3. The first-order chi connectivity index (χ1) is 24.0. The van der Waals surface area contributed by atoms with Crippen LogP contribution in [0.5, 0.6) is 0 Å². The molecule has 0 amide bonds. The fourth-order valence-electron chi connectivity index (χ4n) is 7.07. The van der Waals surface area contributed by atoms with E-state index in [0.717, 1.165) is 71.6 Å². The summed E-state index contributed by atoms with van der Waals surface area (Å²) in [6, 6.07) is 50.3. The third-order valence-electron chi connectivity index (χ3n) is 9.65. The predicted molar refractivity (Wildman–Crippen MR) is 198 cm³/mol. The van der Waals surface area contributed by atoms with Crippen LogP contribution in [0.3, 0.4) is 0 Å². The molecule has 0 aliphatic carbocycles. The highest BCUT2D eigenvalue weighted by Gasteiger charge is 2.35. The summed E-state index contributed by atoms with van der Waals surface area (Å²) in [6.07, 6.45) is 0. The first kappa shape index (κ1) is 29.2. The predicted octanol–water partition coefficient (Wildman–Crippen LogP) is 11.7. The van der Waals surface area contributed by atoms with Crippen LogP contribution < -0.4 is 0 Å². The normalized spacial score (nSPS) is 13.2. The van der Waals surface area contributed by atoms with Gasteiger partial charge in [0.15, 0.2) is 5.82 Å². The van der Waals surface area contributed by atoms with E-state index < -0.39 is 0 Å². The molecule has 6 aromatic carbocycles. The number of hydrogen-bond donors (Lipinski definition) is 0. The topological polar surface area (TPSA) is 62.7 Å². The van der Waals surface area contributed by atoms with E-state index in [4.69, 9.17) is 14.4 Å². The quantitative estimate of drug-likeness (QED) is 0.190. The van der Waals surface area contributed by atoms with Crippen molar-refractivity contribution in [2.24, 2.45) is 0 Å². The molecule has 0 atom stereocenters. The van der Waals surface area contributed by atoms with Gasteiger partial charge in [-0.25, -0.2) is 9.97 Å². The first-order valence-electron chi connectivity index (χ1n) is 16.3. The highest BCUT2D eigenvalue weighted by Crippen LogP contribution is 2.51. The minimum absolute atomic E-state index is 0.242. The van der Waals surface area contributed by atoms with Crippen molar-refractivity contribution in [2.75, 3.05) is 0 Å². The number of benzene rings is 6. The van der Waals surface area contributed by atoms with Crippen LogP contribution in [0.1, 0.15) is 30.5 Å². The number of furan rings is 1. The first-order valence-corrected chi connectivity index (χ1v) is 17.1. The average molecular weight is 648 g/mol. The van der Waals surface area contributed by atoms with Crippen LogP contribution >= 0.6 is 11.8 Å². The van der Waals surface area contributed by atoms with E-state index in [1.807, 2.05) is 48.5 Å². The molecule has 0 bridgehead atoms. The zero-order valence-corrected chi connectivity index (χ0v) is 27.8. The Kier molecular flexibility index (Phi) is 6.75. The van der Waals surface area contributed by atoms with E-state index in [-0.39, 0.29) is 5.41 Å². The lowest BCUT2D eigenvalue weighted by Gasteiger charge is -2.35. The van der Waals surface area contributed by atoms with Gasteiger partial charge in [0, 0.05) is 48.2 Å². The van der Waals surface area contributed by atoms with E-state index in [1.165, 1.54) is 10.5 Å². The van der Waals surface area contributed by atoms with Gasteiger partial charge in [-0.1, -0.05) is 141 Å². The number of fused-ring (bicyclic) bond motifs is 5. The molecule has 232 valence electrons. The summed E-state index contributed by atoms with van der Waals surface area (Å²) >= 11 is 1.66. The Morgan fingerprint density at radius 2 is 1.29 bits per heavy atom. The van der Waals surface area contributed by atoms with Crippen LogP contribution in [0.25, 0.3) is 67.0 Å². The summed E-state index contributed by atoms with van der Waals surface area (Å²) in [5.41, 5.74) is 10.9. The summed E-state index contributed by atoms with van der Waals surface area (Å²) in [4.78, 5) is 12.4. The molecule has 0 fully saturated rings. The fraction of sp³-hybridized carbons (Fsp3) is 0.0682. The maximum atomic E-state index is 10.7. The molecule has 8 aromatic rings. The second-order valence-corrected chi connectivity index (χ2v) is 13.9. The van der Waals surface area contributed by atoms with Gasteiger partial charge in [-0.3, -0.25) is 0 Å². The van der Waals surface area contributed by atoms with Gasteiger partial charge in [0.25, 0.3) is 0 Å². The molecule has 0 N–H and O–H groups in total. The van der Waals surface area contributed by atoms with Crippen molar-refractivity contribution in [3.05, 3.63) is 156 Å². The highest BCUT2D eigenvalue weighted by molar-refractivity contribution is 7.99. The minimum atomic E-state index is -0.242.